The Morgan fingerprint density at radius 1 is 0.626 bits per heavy atom. The fourth-order valence-corrected chi connectivity index (χ4v) is 13.0. The Hall–Kier alpha value is -7.42. The highest BCUT2D eigenvalue weighted by atomic mass is 19.4. The highest BCUT2D eigenvalue weighted by Gasteiger charge is 2.58. The van der Waals surface area contributed by atoms with Crippen LogP contribution in [0.4, 0.5) is 56.3 Å². The molecule has 492 valence electrons. The van der Waals surface area contributed by atoms with Gasteiger partial charge in [0.05, 0.1) is 75.7 Å². The molecule has 0 aliphatic carbocycles. The van der Waals surface area contributed by atoms with Crippen molar-refractivity contribution in [3.05, 3.63) is 107 Å². The summed E-state index contributed by atoms with van der Waals surface area (Å²) in [5.41, 5.74) is -2.94. The Morgan fingerprint density at radius 3 is 1.49 bits per heavy atom. The van der Waals surface area contributed by atoms with Crippen LogP contribution in [0.15, 0.2) is 73.1 Å². The van der Waals surface area contributed by atoms with Gasteiger partial charge in [-0.05, 0) is 119 Å². The van der Waals surface area contributed by atoms with Crippen LogP contribution in [0.3, 0.4) is 0 Å². The van der Waals surface area contributed by atoms with Crippen LogP contribution in [0.5, 0.6) is 0 Å². The summed E-state index contributed by atoms with van der Waals surface area (Å²) in [6.45, 7) is 6.48. The minimum atomic E-state index is -5.19. The zero-order valence-corrected chi connectivity index (χ0v) is 51.2. The Labute approximate surface area is 521 Å². The second-order valence-corrected chi connectivity index (χ2v) is 25.4. The van der Waals surface area contributed by atoms with E-state index < -0.39 is 108 Å². The Balaban J connectivity index is 0.910. The molecule has 6 fully saturated rings. The number of aliphatic hydroxyl groups excluding tert-OH is 1. The molecule has 28 heteroatoms. The summed E-state index contributed by atoms with van der Waals surface area (Å²) in [6, 6.07) is 11.1. The number of hydrogen-bond acceptors (Lipinski definition) is 16. The predicted octanol–water partition coefficient (Wildman–Crippen LogP) is 6.47. The van der Waals surface area contributed by atoms with E-state index in [4.69, 9.17) is 14.5 Å². The van der Waals surface area contributed by atoms with Crippen LogP contribution in [0.1, 0.15) is 75.6 Å². The number of hydrazine groups is 1. The SMILES string of the molecule is COC(=O)NC(C(=O)N[C@@H](Cc1ccc(C#Cc2ccc(N3CC4CCC(C3)N4C3COC3)nc2)cc1)[C@@H](O)CN(Cc1c(F)cc(-c2ccc(N3CC4CCC(C3)N4C3COC3)nc2)cc1F)NC(=O)[C@@H](NC(=O)OC)C(C)(C)C(F)(F)F)C(C)(C)C(F)(F)F. The van der Waals surface area contributed by atoms with Crippen molar-refractivity contribution < 1.29 is 78.4 Å². The van der Waals surface area contributed by atoms with E-state index in [-0.39, 0.29) is 5.56 Å². The van der Waals surface area contributed by atoms with Gasteiger partial charge in [-0.3, -0.25) is 24.8 Å². The van der Waals surface area contributed by atoms with Crippen molar-refractivity contribution in [1.29, 1.82) is 0 Å². The maximum atomic E-state index is 16.6. The van der Waals surface area contributed by atoms with Crippen molar-refractivity contribution in [1.82, 2.24) is 46.2 Å². The number of alkyl carbamates (subject to hydrolysis) is 2. The first kappa shape index (κ1) is 66.5. The minimum absolute atomic E-state index is 0.0342. The van der Waals surface area contributed by atoms with Crippen LogP contribution in [0, 0.1) is 34.3 Å². The summed E-state index contributed by atoms with van der Waals surface area (Å²) in [5, 5.41) is 19.0. The smallest absolute Gasteiger partial charge is 0.407 e. The first-order valence-electron chi connectivity index (χ1n) is 30.2. The van der Waals surface area contributed by atoms with E-state index in [1.165, 1.54) is 6.20 Å². The molecule has 0 spiro atoms. The second kappa shape index (κ2) is 27.0. The molecule has 4 bridgehead atoms. The second-order valence-electron chi connectivity index (χ2n) is 25.4. The fourth-order valence-electron chi connectivity index (χ4n) is 13.0. The van der Waals surface area contributed by atoms with Crippen molar-refractivity contribution in [3.8, 4) is 23.0 Å². The van der Waals surface area contributed by atoms with Gasteiger partial charge in [-0.1, -0.05) is 24.0 Å². The number of carbonyl (C=O) groups is 4. The van der Waals surface area contributed by atoms with E-state index in [0.29, 0.717) is 110 Å². The van der Waals surface area contributed by atoms with Gasteiger partial charge in [0.2, 0.25) is 5.91 Å². The van der Waals surface area contributed by atoms with Crippen molar-refractivity contribution >= 4 is 35.6 Å². The average Bonchev–Trinajstić information content (AvgIpc) is 1.72. The number of anilines is 2. The summed E-state index contributed by atoms with van der Waals surface area (Å²) in [4.78, 5) is 72.5. The summed E-state index contributed by atoms with van der Waals surface area (Å²) in [5.74, 6) is 2.09. The molecule has 8 heterocycles. The van der Waals surface area contributed by atoms with Crippen molar-refractivity contribution in [2.24, 2.45) is 10.8 Å². The number of aromatic nitrogens is 2. The standard InChI is InChI=1S/C63H75F8N11O9/c1-60(2,62(66,67)68)54(75-58(86)88-5)56(84)74-50(21-37-10-7-36(8-11-37)9-12-38-13-19-52(72-24-38)78-26-41-15-16-42(27-78)81(41)45-32-90-33-45)51(83)31-80(77-57(85)55(76-59(87)89-6)61(3,4)63(69,70)71)30-47-48(64)22-40(23-49(47)65)39-14-20-53(73-25-39)79-28-43-17-18-44(29-79)82(43)46-34-91-35-46/h7-8,10-11,13-14,19-20,22-25,41-46,50-51,54-55,83H,15-18,21,26-35H2,1-6H3,(H,74,84)(H,75,86)(H,76,87)(H,77,85)/t41?,42?,43?,44?,50-,51-,54?,55+/m0/s1. The van der Waals surface area contributed by atoms with Gasteiger partial charge in [-0.2, -0.15) is 26.3 Å². The van der Waals surface area contributed by atoms with Gasteiger partial charge in [0.15, 0.2) is 0 Å². The third-order valence-electron chi connectivity index (χ3n) is 18.7. The van der Waals surface area contributed by atoms with Crippen LogP contribution in [-0.2, 0) is 41.5 Å². The quantitative estimate of drug-likeness (QED) is 0.0364. The van der Waals surface area contributed by atoms with E-state index in [1.54, 1.807) is 42.6 Å². The zero-order valence-electron chi connectivity index (χ0n) is 51.2. The lowest BCUT2D eigenvalue weighted by Crippen LogP contribution is -2.63. The third-order valence-corrected chi connectivity index (χ3v) is 18.7. The van der Waals surface area contributed by atoms with E-state index in [1.807, 2.05) is 22.8 Å². The largest absolute Gasteiger partial charge is 0.453 e. The monoisotopic (exact) mass is 1280 g/mol. The van der Waals surface area contributed by atoms with Gasteiger partial charge < -0.3 is 49.8 Å². The summed E-state index contributed by atoms with van der Waals surface area (Å²) in [7, 11) is 1.68. The summed E-state index contributed by atoms with van der Waals surface area (Å²) < 4.78 is 142. The molecule has 0 saturated carbocycles. The topological polar surface area (TPSA) is 216 Å². The summed E-state index contributed by atoms with van der Waals surface area (Å²) >= 11 is 0. The number of amides is 4. The first-order valence-corrected chi connectivity index (χ1v) is 30.2. The number of methoxy groups -OCH3 is 2. The number of piperazine rings is 2. The van der Waals surface area contributed by atoms with Gasteiger partial charge in [0.1, 0.15) is 35.4 Å². The Bertz CT molecular complexity index is 3280. The number of aliphatic hydroxyl groups is 1. The molecule has 6 aliphatic heterocycles. The molecule has 0 radical (unpaired) electrons. The number of ether oxygens (including phenoxy) is 4. The number of alkyl halides is 6. The molecular weight excluding hydrogens is 1210 g/mol. The highest BCUT2D eigenvalue weighted by Crippen LogP contribution is 2.43. The van der Waals surface area contributed by atoms with Gasteiger partial charge in [0.25, 0.3) is 5.91 Å². The summed E-state index contributed by atoms with van der Waals surface area (Å²) in [6.07, 6.45) is -8.32. The van der Waals surface area contributed by atoms with Crippen LogP contribution < -0.4 is 31.2 Å². The lowest BCUT2D eigenvalue weighted by Gasteiger charge is -2.48. The molecule has 20 nitrogen and oxygen atoms in total. The third kappa shape index (κ3) is 14.6. The first-order chi connectivity index (χ1) is 43.1. The molecule has 91 heavy (non-hydrogen) atoms. The van der Waals surface area contributed by atoms with Gasteiger partial charge >= 0.3 is 24.5 Å². The number of halogens is 8. The van der Waals surface area contributed by atoms with Crippen molar-refractivity contribution in [3.63, 3.8) is 0 Å². The number of nitrogens with zero attached hydrogens (tertiary/aromatic N) is 7. The van der Waals surface area contributed by atoms with E-state index >= 15 is 8.78 Å². The molecule has 4 amide bonds. The molecule has 8 atom stereocenters. The number of hydrogen-bond donors (Lipinski definition) is 5. The van der Waals surface area contributed by atoms with Crippen LogP contribution in [0.25, 0.3) is 11.1 Å². The van der Waals surface area contributed by atoms with Crippen LogP contribution in [-0.4, -0.2) is 200 Å². The molecule has 5 N–H and O–H groups in total. The number of fused-ring (bicyclic) bond motifs is 4. The molecule has 10 rings (SSSR count). The lowest BCUT2D eigenvalue weighted by molar-refractivity contribution is -0.221. The maximum Gasteiger partial charge on any atom is 0.407 e. The van der Waals surface area contributed by atoms with Gasteiger partial charge in [0, 0.05) is 98.1 Å². The number of benzene rings is 2. The highest BCUT2D eigenvalue weighted by molar-refractivity contribution is 5.87. The zero-order chi connectivity index (χ0) is 65.3. The number of pyridine rings is 2. The molecule has 6 saturated heterocycles. The number of nitrogens with one attached hydrogen (secondary N) is 4. The molecule has 5 unspecified atom stereocenters. The predicted molar refractivity (Wildman–Crippen MR) is 316 cm³/mol. The van der Waals surface area contributed by atoms with Crippen LogP contribution in [0.2, 0.25) is 0 Å². The van der Waals surface area contributed by atoms with Gasteiger partial charge in [-0.25, -0.2) is 33.3 Å². The number of rotatable bonds is 20. The van der Waals surface area contributed by atoms with Crippen molar-refractivity contribution in [2.75, 3.05) is 83.2 Å². The molecule has 4 aromatic rings. The van der Waals surface area contributed by atoms with Gasteiger partial charge in [-0.15, -0.1) is 0 Å². The lowest BCUT2D eigenvalue weighted by atomic mass is 9.82. The Kier molecular flexibility index (Phi) is 19.8. The number of carbonyl (C=O) groups excluding carboxylic acids is 4. The normalized spacial score (nSPS) is 22.0. The molecule has 2 aromatic heterocycles. The van der Waals surface area contributed by atoms with Crippen molar-refractivity contribution in [2.45, 2.75) is 139 Å². The maximum absolute atomic E-state index is 16.6. The van der Waals surface area contributed by atoms with E-state index in [9.17, 15) is 50.6 Å². The average molecular weight is 1280 g/mol. The fraction of sp³-hybridized carbons (Fsp3) is 0.556. The Morgan fingerprint density at radius 2 is 1.08 bits per heavy atom. The minimum Gasteiger partial charge on any atom is -0.453 e. The van der Waals surface area contributed by atoms with Crippen LogP contribution >= 0.6 is 0 Å². The van der Waals surface area contributed by atoms with E-state index in [0.717, 1.165) is 97.2 Å². The molecule has 2 aromatic carbocycles. The van der Waals surface area contributed by atoms with E-state index in [2.05, 4.69) is 56.6 Å². The molecule has 6 aliphatic rings. The molecular formula is C63H75F8N11O9.